The largest absolute Gasteiger partial charge is 0.496 e. The molecule has 1 aromatic carbocycles. The number of rotatable bonds is 11. The zero-order chi connectivity index (χ0) is 26.2. The van der Waals surface area contributed by atoms with Crippen LogP contribution in [0, 0.1) is 10.1 Å². The second-order valence-corrected chi connectivity index (χ2v) is 8.69. The van der Waals surface area contributed by atoms with E-state index < -0.39 is 4.92 Å². The van der Waals surface area contributed by atoms with E-state index in [0.717, 1.165) is 24.2 Å². The van der Waals surface area contributed by atoms with Gasteiger partial charge in [0.25, 0.3) is 0 Å². The van der Waals surface area contributed by atoms with Crippen molar-refractivity contribution in [1.29, 1.82) is 0 Å². The third kappa shape index (κ3) is 6.16. The van der Waals surface area contributed by atoms with Crippen molar-refractivity contribution < 1.29 is 23.6 Å². The summed E-state index contributed by atoms with van der Waals surface area (Å²) in [5.74, 6) is 1.76. The Morgan fingerprint density at radius 1 is 1.22 bits per heavy atom. The number of para-hydroxylation sites is 1. The average molecular weight is 510 g/mol. The first-order chi connectivity index (χ1) is 18.0. The fourth-order valence-corrected chi connectivity index (χ4v) is 4.70. The zero-order valence-corrected chi connectivity index (χ0v) is 21.0. The highest BCUT2D eigenvalue weighted by molar-refractivity contribution is 5.73. The van der Waals surface area contributed by atoms with E-state index in [4.69, 9.17) is 13.9 Å². The summed E-state index contributed by atoms with van der Waals surface area (Å²) >= 11 is 0. The van der Waals surface area contributed by atoms with Gasteiger partial charge in [-0.3, -0.25) is 14.9 Å². The summed E-state index contributed by atoms with van der Waals surface area (Å²) in [6.07, 6.45) is 4.52. The predicted molar refractivity (Wildman–Crippen MR) is 137 cm³/mol. The first-order valence-corrected chi connectivity index (χ1v) is 12.3. The van der Waals surface area contributed by atoms with Crippen molar-refractivity contribution in [1.82, 2.24) is 9.97 Å². The number of aromatic nitrogens is 2. The van der Waals surface area contributed by atoms with E-state index in [1.54, 1.807) is 31.1 Å². The minimum absolute atomic E-state index is 0.0509. The lowest BCUT2D eigenvalue weighted by atomic mass is 9.89. The van der Waals surface area contributed by atoms with Crippen molar-refractivity contribution >= 4 is 23.3 Å². The number of ether oxygens (including phenoxy) is 2. The number of carbonyl (C=O) groups excluding carboxylic acids is 1. The number of esters is 1. The van der Waals surface area contributed by atoms with Crippen LogP contribution in [-0.4, -0.2) is 54.2 Å². The van der Waals surface area contributed by atoms with Gasteiger partial charge in [0.15, 0.2) is 0 Å². The van der Waals surface area contributed by atoms with Gasteiger partial charge in [0.2, 0.25) is 11.6 Å². The Balaban J connectivity index is 1.59. The molecule has 11 nitrogen and oxygen atoms in total. The van der Waals surface area contributed by atoms with E-state index in [1.165, 1.54) is 12.6 Å². The van der Waals surface area contributed by atoms with Crippen molar-refractivity contribution in [2.75, 3.05) is 43.2 Å². The number of methoxy groups -OCH3 is 1. The molecule has 0 spiro atoms. The molecule has 4 rings (SSSR count). The summed E-state index contributed by atoms with van der Waals surface area (Å²) in [6, 6.07) is 11.5. The van der Waals surface area contributed by atoms with Crippen molar-refractivity contribution in [2.45, 2.75) is 38.6 Å². The topological polar surface area (TPSA) is 124 Å². The number of anilines is 2. The van der Waals surface area contributed by atoms with Gasteiger partial charge in [-0.2, -0.15) is 0 Å². The molecule has 1 fully saturated rings. The van der Waals surface area contributed by atoms with Crippen molar-refractivity contribution in [3.05, 3.63) is 70.4 Å². The van der Waals surface area contributed by atoms with Crippen LogP contribution in [0.2, 0.25) is 0 Å². The summed E-state index contributed by atoms with van der Waals surface area (Å²) in [5.41, 5.74) is 0.958. The molecule has 0 aliphatic carbocycles. The maximum atomic E-state index is 12.3. The molecular formula is C26H31N5O6. The molecule has 37 heavy (non-hydrogen) atoms. The van der Waals surface area contributed by atoms with Gasteiger partial charge in [0.1, 0.15) is 17.8 Å². The van der Waals surface area contributed by atoms with E-state index in [0.29, 0.717) is 18.8 Å². The Labute approximate surface area is 215 Å². The van der Waals surface area contributed by atoms with Crippen LogP contribution >= 0.6 is 0 Å². The number of piperidine rings is 1. The van der Waals surface area contributed by atoms with Crippen molar-refractivity contribution in [3.63, 3.8) is 0 Å². The lowest BCUT2D eigenvalue weighted by Crippen LogP contribution is -2.35. The molecule has 3 heterocycles. The van der Waals surface area contributed by atoms with Gasteiger partial charge >= 0.3 is 11.7 Å². The number of carbonyl (C=O) groups is 1. The Morgan fingerprint density at radius 3 is 2.68 bits per heavy atom. The summed E-state index contributed by atoms with van der Waals surface area (Å²) in [4.78, 5) is 36.2. The quantitative estimate of drug-likeness (QED) is 0.209. The van der Waals surface area contributed by atoms with Crippen LogP contribution in [0.1, 0.15) is 43.4 Å². The Hall–Kier alpha value is -4.15. The summed E-state index contributed by atoms with van der Waals surface area (Å²) in [6.45, 7) is 3.57. The van der Waals surface area contributed by atoms with Gasteiger partial charge in [-0.25, -0.2) is 9.97 Å². The molecule has 11 heteroatoms. The molecule has 0 saturated carbocycles. The van der Waals surface area contributed by atoms with Crippen LogP contribution in [0.4, 0.5) is 17.3 Å². The number of hydrogen-bond acceptors (Lipinski definition) is 10. The maximum absolute atomic E-state index is 12.3. The zero-order valence-electron chi connectivity index (χ0n) is 21.0. The standard InChI is InChI=1S/C26H31N5O6/c1-3-36-23(32)12-15-30(17-20-7-6-16-37-20)26-24(31(33)34)25(27-18-28-26)29-13-10-19(11-14-29)21-8-4-5-9-22(21)35-2/h4-9,16,18-19H,3,10-15,17H2,1-2H3. The molecule has 3 aromatic rings. The Kier molecular flexibility index (Phi) is 8.55. The summed E-state index contributed by atoms with van der Waals surface area (Å²) < 4.78 is 16.0. The van der Waals surface area contributed by atoms with E-state index in [9.17, 15) is 14.9 Å². The monoisotopic (exact) mass is 509 g/mol. The minimum atomic E-state index is -0.448. The third-order valence-electron chi connectivity index (χ3n) is 6.46. The fraction of sp³-hybridized carbons (Fsp3) is 0.423. The first-order valence-electron chi connectivity index (χ1n) is 12.3. The van der Waals surface area contributed by atoms with Crippen LogP contribution in [0.5, 0.6) is 5.75 Å². The van der Waals surface area contributed by atoms with Crippen molar-refractivity contribution in [2.24, 2.45) is 0 Å². The molecule has 0 unspecified atom stereocenters. The predicted octanol–water partition coefficient (Wildman–Crippen LogP) is 4.33. The molecule has 0 N–H and O–H groups in total. The molecule has 0 atom stereocenters. The highest BCUT2D eigenvalue weighted by atomic mass is 16.6. The van der Waals surface area contributed by atoms with Gasteiger partial charge in [0.05, 0.1) is 37.9 Å². The second kappa shape index (κ2) is 12.2. The molecule has 0 bridgehead atoms. The van der Waals surface area contributed by atoms with Gasteiger partial charge in [-0.15, -0.1) is 0 Å². The highest BCUT2D eigenvalue weighted by Gasteiger charge is 2.33. The second-order valence-electron chi connectivity index (χ2n) is 8.69. The molecule has 1 aliphatic rings. The van der Waals surface area contributed by atoms with Crippen LogP contribution in [-0.2, 0) is 16.1 Å². The summed E-state index contributed by atoms with van der Waals surface area (Å²) in [7, 11) is 1.66. The molecule has 196 valence electrons. The number of benzene rings is 1. The van der Waals surface area contributed by atoms with E-state index in [1.807, 2.05) is 23.1 Å². The Morgan fingerprint density at radius 2 is 2.00 bits per heavy atom. The maximum Gasteiger partial charge on any atom is 0.353 e. The lowest BCUT2D eigenvalue weighted by Gasteiger charge is -2.33. The normalized spacial score (nSPS) is 13.8. The first kappa shape index (κ1) is 25.9. The molecule has 2 aromatic heterocycles. The van der Waals surface area contributed by atoms with Gasteiger partial charge < -0.3 is 23.7 Å². The van der Waals surface area contributed by atoms with E-state index >= 15 is 0 Å². The van der Waals surface area contributed by atoms with E-state index in [-0.39, 0.29) is 55.3 Å². The lowest BCUT2D eigenvalue weighted by molar-refractivity contribution is -0.383. The SMILES string of the molecule is CCOC(=O)CCN(Cc1ccco1)c1ncnc(N2CCC(c3ccccc3OC)CC2)c1[N+](=O)[O-]. The molecule has 1 saturated heterocycles. The number of furan rings is 1. The number of hydrogen-bond donors (Lipinski definition) is 0. The molecule has 0 radical (unpaired) electrons. The van der Waals surface area contributed by atoms with Gasteiger partial charge in [-0.1, -0.05) is 18.2 Å². The highest BCUT2D eigenvalue weighted by Crippen LogP contribution is 2.39. The van der Waals surface area contributed by atoms with Gasteiger partial charge in [-0.05, 0) is 49.4 Å². The van der Waals surface area contributed by atoms with E-state index in [2.05, 4.69) is 16.0 Å². The van der Waals surface area contributed by atoms with Crippen LogP contribution in [0.15, 0.2) is 53.4 Å². The summed E-state index contributed by atoms with van der Waals surface area (Å²) in [5, 5.41) is 12.3. The molecular weight excluding hydrogens is 478 g/mol. The van der Waals surface area contributed by atoms with Crippen molar-refractivity contribution in [3.8, 4) is 5.75 Å². The molecule has 0 amide bonds. The van der Waals surface area contributed by atoms with Crippen LogP contribution in [0.25, 0.3) is 0 Å². The Bertz CT molecular complexity index is 1190. The number of nitro groups is 1. The van der Waals surface area contributed by atoms with Crippen LogP contribution in [0.3, 0.4) is 0 Å². The molecule has 1 aliphatic heterocycles. The number of nitrogens with zero attached hydrogens (tertiary/aromatic N) is 5. The fourth-order valence-electron chi connectivity index (χ4n) is 4.70. The minimum Gasteiger partial charge on any atom is -0.496 e. The smallest absolute Gasteiger partial charge is 0.353 e. The average Bonchev–Trinajstić information content (AvgIpc) is 3.44. The van der Waals surface area contributed by atoms with Gasteiger partial charge in [0, 0.05) is 19.6 Å². The van der Waals surface area contributed by atoms with Crippen LogP contribution < -0.4 is 14.5 Å². The third-order valence-corrected chi connectivity index (χ3v) is 6.46.